The van der Waals surface area contributed by atoms with Crippen molar-refractivity contribution in [3.05, 3.63) is 24.3 Å². The molecule has 0 spiro atoms. The molecule has 1 aromatic rings. The molecule has 0 saturated carbocycles. The van der Waals surface area contributed by atoms with Crippen LogP contribution in [0.2, 0.25) is 0 Å². The van der Waals surface area contributed by atoms with Crippen molar-refractivity contribution in [3.63, 3.8) is 0 Å². The first kappa shape index (κ1) is 16.6. The molecule has 0 fully saturated rings. The largest absolute Gasteiger partial charge is 0.493 e. The number of rotatable bonds is 8. The average Bonchev–Trinajstić information content (AvgIpc) is 2.39. The Bertz CT molecular complexity index is 432. The van der Waals surface area contributed by atoms with Crippen molar-refractivity contribution in [2.75, 3.05) is 19.1 Å². The van der Waals surface area contributed by atoms with Crippen LogP contribution in [0.5, 0.6) is 11.5 Å². The lowest BCUT2D eigenvalue weighted by Gasteiger charge is -2.24. The molecule has 112 valence electrons. The van der Waals surface area contributed by atoms with Crippen LogP contribution in [0, 0.1) is 0 Å². The van der Waals surface area contributed by atoms with Gasteiger partial charge in [-0.3, -0.25) is 0 Å². The van der Waals surface area contributed by atoms with Gasteiger partial charge in [0, 0.05) is 11.9 Å². The second kappa shape index (κ2) is 8.00. The molecule has 0 heterocycles. The van der Waals surface area contributed by atoms with Gasteiger partial charge in [0.05, 0.1) is 13.2 Å². The molecule has 4 nitrogen and oxygen atoms in total. The SMILES string of the molecule is CCOC(=O)C(C)(C)Oc1cccc(OCCCCl)c1. The maximum Gasteiger partial charge on any atom is 0.349 e. The molecule has 0 aliphatic heterocycles. The highest BCUT2D eigenvalue weighted by Crippen LogP contribution is 2.24. The van der Waals surface area contributed by atoms with Gasteiger partial charge in [-0.15, -0.1) is 11.6 Å². The number of alkyl halides is 1. The van der Waals surface area contributed by atoms with E-state index in [0.717, 1.165) is 6.42 Å². The van der Waals surface area contributed by atoms with Gasteiger partial charge < -0.3 is 14.2 Å². The lowest BCUT2D eigenvalue weighted by atomic mass is 10.1. The maximum atomic E-state index is 11.8. The Morgan fingerprint density at radius 1 is 1.30 bits per heavy atom. The molecule has 0 N–H and O–H groups in total. The molecular formula is C15H21ClO4. The Kier molecular flexibility index (Phi) is 6.65. The Labute approximate surface area is 125 Å². The Morgan fingerprint density at radius 2 is 2.00 bits per heavy atom. The van der Waals surface area contributed by atoms with Crippen LogP contribution < -0.4 is 9.47 Å². The van der Waals surface area contributed by atoms with E-state index < -0.39 is 11.6 Å². The summed E-state index contributed by atoms with van der Waals surface area (Å²) in [5, 5.41) is 0. The van der Waals surface area contributed by atoms with Gasteiger partial charge in [-0.1, -0.05) is 6.07 Å². The fourth-order valence-electron chi connectivity index (χ4n) is 1.51. The quantitative estimate of drug-likeness (QED) is 0.419. The predicted octanol–water partition coefficient (Wildman–Crippen LogP) is 3.41. The van der Waals surface area contributed by atoms with Crippen LogP contribution in [0.3, 0.4) is 0 Å². The molecule has 0 atom stereocenters. The lowest BCUT2D eigenvalue weighted by Crippen LogP contribution is -2.39. The van der Waals surface area contributed by atoms with Gasteiger partial charge in [0.25, 0.3) is 0 Å². The summed E-state index contributed by atoms with van der Waals surface area (Å²) >= 11 is 5.59. The van der Waals surface area contributed by atoms with Crippen molar-refractivity contribution < 1.29 is 19.0 Å². The van der Waals surface area contributed by atoms with Crippen molar-refractivity contribution >= 4 is 17.6 Å². The summed E-state index contributed by atoms with van der Waals surface area (Å²) in [5.41, 5.74) is -1.04. The van der Waals surface area contributed by atoms with Gasteiger partial charge in [-0.25, -0.2) is 4.79 Å². The number of esters is 1. The van der Waals surface area contributed by atoms with Gasteiger partial charge in [0.2, 0.25) is 0 Å². The highest BCUT2D eigenvalue weighted by molar-refractivity contribution is 6.17. The van der Waals surface area contributed by atoms with E-state index in [9.17, 15) is 4.79 Å². The molecule has 0 radical (unpaired) electrons. The monoisotopic (exact) mass is 300 g/mol. The zero-order chi connectivity index (χ0) is 15.0. The molecule has 0 aliphatic carbocycles. The molecule has 0 saturated heterocycles. The molecule has 0 aromatic heterocycles. The summed E-state index contributed by atoms with van der Waals surface area (Å²) in [7, 11) is 0. The van der Waals surface area contributed by atoms with Crippen molar-refractivity contribution in [1.82, 2.24) is 0 Å². The van der Waals surface area contributed by atoms with E-state index in [1.165, 1.54) is 0 Å². The van der Waals surface area contributed by atoms with Gasteiger partial charge in [0.15, 0.2) is 5.60 Å². The number of hydrogen-bond donors (Lipinski definition) is 0. The fraction of sp³-hybridized carbons (Fsp3) is 0.533. The van der Waals surface area contributed by atoms with E-state index in [1.54, 1.807) is 32.9 Å². The zero-order valence-corrected chi connectivity index (χ0v) is 12.9. The van der Waals surface area contributed by atoms with Gasteiger partial charge in [-0.2, -0.15) is 0 Å². The molecule has 20 heavy (non-hydrogen) atoms. The number of ether oxygens (including phenoxy) is 3. The third-order valence-electron chi connectivity index (χ3n) is 2.49. The van der Waals surface area contributed by atoms with E-state index in [0.29, 0.717) is 30.6 Å². The smallest absolute Gasteiger partial charge is 0.349 e. The summed E-state index contributed by atoms with van der Waals surface area (Å²) in [6.45, 7) is 5.98. The molecule has 0 unspecified atom stereocenters. The summed E-state index contributed by atoms with van der Waals surface area (Å²) in [6.07, 6.45) is 0.779. The first-order valence-electron chi connectivity index (χ1n) is 6.64. The van der Waals surface area contributed by atoms with Crippen molar-refractivity contribution in [1.29, 1.82) is 0 Å². The van der Waals surface area contributed by atoms with Crippen LogP contribution in [0.1, 0.15) is 27.2 Å². The van der Waals surface area contributed by atoms with Gasteiger partial charge in [-0.05, 0) is 39.3 Å². The Morgan fingerprint density at radius 3 is 2.65 bits per heavy atom. The number of hydrogen-bond acceptors (Lipinski definition) is 4. The molecule has 0 bridgehead atoms. The number of carbonyl (C=O) groups is 1. The van der Waals surface area contributed by atoms with Crippen LogP contribution in [0.4, 0.5) is 0 Å². The minimum absolute atomic E-state index is 0.327. The molecule has 1 rings (SSSR count). The highest BCUT2D eigenvalue weighted by atomic mass is 35.5. The standard InChI is InChI=1S/C15H21ClO4/c1-4-18-14(17)15(2,3)20-13-8-5-7-12(11-13)19-10-6-9-16/h5,7-8,11H,4,6,9-10H2,1-3H3. The first-order chi connectivity index (χ1) is 9.49. The minimum atomic E-state index is -1.04. The average molecular weight is 301 g/mol. The predicted molar refractivity (Wildman–Crippen MR) is 78.6 cm³/mol. The molecule has 0 aliphatic rings. The van der Waals surface area contributed by atoms with E-state index >= 15 is 0 Å². The third-order valence-corrected chi connectivity index (χ3v) is 2.76. The van der Waals surface area contributed by atoms with Crippen LogP contribution in [0.25, 0.3) is 0 Å². The van der Waals surface area contributed by atoms with Crippen LogP contribution in [0.15, 0.2) is 24.3 Å². The van der Waals surface area contributed by atoms with Gasteiger partial charge >= 0.3 is 5.97 Å². The maximum absolute atomic E-state index is 11.8. The third kappa shape index (κ3) is 5.29. The van der Waals surface area contributed by atoms with Crippen molar-refractivity contribution in [2.45, 2.75) is 32.8 Å². The minimum Gasteiger partial charge on any atom is -0.493 e. The first-order valence-corrected chi connectivity index (χ1v) is 7.18. The van der Waals surface area contributed by atoms with Crippen LogP contribution >= 0.6 is 11.6 Å². The van der Waals surface area contributed by atoms with E-state index in [1.807, 2.05) is 12.1 Å². The summed E-state index contributed by atoms with van der Waals surface area (Å²) in [6, 6.07) is 7.16. The summed E-state index contributed by atoms with van der Waals surface area (Å²) in [4.78, 5) is 11.8. The van der Waals surface area contributed by atoms with Crippen LogP contribution in [-0.4, -0.2) is 30.7 Å². The van der Waals surface area contributed by atoms with Crippen molar-refractivity contribution in [3.8, 4) is 11.5 Å². The van der Waals surface area contributed by atoms with Crippen LogP contribution in [-0.2, 0) is 9.53 Å². The highest BCUT2D eigenvalue weighted by Gasteiger charge is 2.31. The Balaban J connectivity index is 2.67. The van der Waals surface area contributed by atoms with Crippen molar-refractivity contribution in [2.24, 2.45) is 0 Å². The van der Waals surface area contributed by atoms with Gasteiger partial charge in [0.1, 0.15) is 11.5 Å². The fourth-order valence-corrected chi connectivity index (χ4v) is 1.62. The molecule has 0 amide bonds. The number of benzene rings is 1. The van der Waals surface area contributed by atoms with E-state index in [-0.39, 0.29) is 0 Å². The Hall–Kier alpha value is -1.42. The number of carbonyl (C=O) groups excluding carboxylic acids is 1. The second-order valence-electron chi connectivity index (χ2n) is 4.70. The molecule has 1 aromatic carbocycles. The summed E-state index contributed by atoms with van der Waals surface area (Å²) in [5.74, 6) is 1.42. The van der Waals surface area contributed by atoms with E-state index in [2.05, 4.69) is 0 Å². The normalized spacial score (nSPS) is 11.0. The molecule has 5 heteroatoms. The number of halogens is 1. The molecular weight excluding hydrogens is 280 g/mol. The van der Waals surface area contributed by atoms with E-state index in [4.69, 9.17) is 25.8 Å². The summed E-state index contributed by atoms with van der Waals surface area (Å²) < 4.78 is 16.2. The topological polar surface area (TPSA) is 44.8 Å². The zero-order valence-electron chi connectivity index (χ0n) is 12.1. The second-order valence-corrected chi connectivity index (χ2v) is 5.08. The lowest BCUT2D eigenvalue weighted by molar-refractivity contribution is -0.158.